The van der Waals surface area contributed by atoms with E-state index in [1.807, 2.05) is 25.1 Å². The summed E-state index contributed by atoms with van der Waals surface area (Å²) in [6.45, 7) is 4.07. The number of benzene rings is 2. The highest BCUT2D eigenvalue weighted by molar-refractivity contribution is 5.50. The first-order chi connectivity index (χ1) is 8.65. The molecular weight excluding hydrogens is 222 g/mol. The van der Waals surface area contributed by atoms with Crippen LogP contribution in [-0.2, 0) is 6.42 Å². The zero-order valence-electron chi connectivity index (χ0n) is 10.9. The van der Waals surface area contributed by atoms with E-state index >= 15 is 0 Å². The standard InChI is InChI=1S/C16H19NO/c1-12-10-15(8-9-16(12)18)17-13(2)11-14-6-4-3-5-7-14/h3-10,13,17-18H,11H2,1-2H3. The molecule has 2 N–H and O–H groups in total. The quantitative estimate of drug-likeness (QED) is 0.799. The first kappa shape index (κ1) is 12.5. The summed E-state index contributed by atoms with van der Waals surface area (Å²) in [7, 11) is 0. The Morgan fingerprint density at radius 2 is 1.83 bits per heavy atom. The molecule has 0 aliphatic heterocycles. The first-order valence-electron chi connectivity index (χ1n) is 6.25. The van der Waals surface area contributed by atoms with Gasteiger partial charge in [-0.2, -0.15) is 0 Å². The van der Waals surface area contributed by atoms with Crippen LogP contribution in [0.3, 0.4) is 0 Å². The molecule has 0 aliphatic carbocycles. The summed E-state index contributed by atoms with van der Waals surface area (Å²) in [6.07, 6.45) is 0.987. The highest BCUT2D eigenvalue weighted by Gasteiger charge is 2.04. The van der Waals surface area contributed by atoms with Gasteiger partial charge in [-0.25, -0.2) is 0 Å². The van der Waals surface area contributed by atoms with Gasteiger partial charge in [0.1, 0.15) is 5.75 Å². The van der Waals surface area contributed by atoms with Crippen LogP contribution in [0, 0.1) is 6.92 Å². The molecule has 2 rings (SSSR count). The van der Waals surface area contributed by atoms with E-state index in [4.69, 9.17) is 0 Å². The van der Waals surface area contributed by atoms with Gasteiger partial charge in [0.15, 0.2) is 0 Å². The fourth-order valence-electron chi connectivity index (χ4n) is 2.05. The van der Waals surface area contributed by atoms with Crippen molar-refractivity contribution in [3.63, 3.8) is 0 Å². The third-order valence-electron chi connectivity index (χ3n) is 2.99. The summed E-state index contributed by atoms with van der Waals surface area (Å²) >= 11 is 0. The van der Waals surface area contributed by atoms with Gasteiger partial charge in [-0.15, -0.1) is 0 Å². The maximum atomic E-state index is 9.49. The molecule has 0 aromatic heterocycles. The molecule has 0 heterocycles. The van der Waals surface area contributed by atoms with Crippen LogP contribution >= 0.6 is 0 Å². The summed E-state index contributed by atoms with van der Waals surface area (Å²) in [6, 6.07) is 16.4. The summed E-state index contributed by atoms with van der Waals surface area (Å²) in [5, 5.41) is 12.9. The molecule has 2 heteroatoms. The van der Waals surface area contributed by atoms with Gasteiger partial charge in [0.05, 0.1) is 0 Å². The first-order valence-corrected chi connectivity index (χ1v) is 6.25. The Labute approximate surface area is 108 Å². The fraction of sp³-hybridized carbons (Fsp3) is 0.250. The van der Waals surface area contributed by atoms with E-state index in [9.17, 15) is 5.11 Å². The minimum Gasteiger partial charge on any atom is -0.508 e. The molecule has 0 radical (unpaired) electrons. The zero-order chi connectivity index (χ0) is 13.0. The van der Waals surface area contributed by atoms with E-state index in [0.717, 1.165) is 17.7 Å². The number of anilines is 1. The lowest BCUT2D eigenvalue weighted by Gasteiger charge is -2.16. The maximum Gasteiger partial charge on any atom is 0.118 e. The molecule has 0 aliphatic rings. The number of phenols is 1. The second kappa shape index (κ2) is 5.58. The molecule has 0 spiro atoms. The third-order valence-corrected chi connectivity index (χ3v) is 2.99. The van der Waals surface area contributed by atoms with Gasteiger partial charge in [0.2, 0.25) is 0 Å². The Balaban J connectivity index is 1.99. The molecule has 0 saturated carbocycles. The van der Waals surface area contributed by atoms with Crippen molar-refractivity contribution in [3.8, 4) is 5.75 Å². The van der Waals surface area contributed by atoms with Crippen molar-refractivity contribution in [2.75, 3.05) is 5.32 Å². The van der Waals surface area contributed by atoms with Gasteiger partial charge in [0, 0.05) is 11.7 Å². The Hall–Kier alpha value is -1.96. The van der Waals surface area contributed by atoms with Crippen LogP contribution in [0.2, 0.25) is 0 Å². The van der Waals surface area contributed by atoms with Crippen LogP contribution in [0.4, 0.5) is 5.69 Å². The number of rotatable bonds is 4. The van der Waals surface area contributed by atoms with E-state index < -0.39 is 0 Å². The van der Waals surface area contributed by atoms with Gasteiger partial charge in [-0.1, -0.05) is 30.3 Å². The molecule has 94 valence electrons. The van der Waals surface area contributed by atoms with Gasteiger partial charge < -0.3 is 10.4 Å². The number of phenolic OH excluding ortho intramolecular Hbond substituents is 1. The molecule has 0 amide bonds. The van der Waals surface area contributed by atoms with E-state index in [-0.39, 0.29) is 0 Å². The van der Waals surface area contributed by atoms with Gasteiger partial charge in [-0.3, -0.25) is 0 Å². The molecule has 2 aromatic carbocycles. The van der Waals surface area contributed by atoms with Crippen molar-refractivity contribution in [1.82, 2.24) is 0 Å². The lowest BCUT2D eigenvalue weighted by Crippen LogP contribution is -2.17. The topological polar surface area (TPSA) is 32.3 Å². The average Bonchev–Trinajstić information content (AvgIpc) is 2.35. The number of aryl methyl sites for hydroxylation is 1. The van der Waals surface area contributed by atoms with Crippen LogP contribution in [0.25, 0.3) is 0 Å². The van der Waals surface area contributed by atoms with Crippen molar-refractivity contribution in [3.05, 3.63) is 59.7 Å². The second-order valence-electron chi connectivity index (χ2n) is 4.74. The minimum absolute atomic E-state index is 0.344. The molecule has 18 heavy (non-hydrogen) atoms. The van der Waals surface area contributed by atoms with Gasteiger partial charge >= 0.3 is 0 Å². The number of nitrogens with one attached hydrogen (secondary N) is 1. The van der Waals surface area contributed by atoms with Crippen LogP contribution in [-0.4, -0.2) is 11.1 Å². The molecule has 1 atom stereocenters. The monoisotopic (exact) mass is 241 g/mol. The summed E-state index contributed by atoms with van der Waals surface area (Å²) in [4.78, 5) is 0. The summed E-state index contributed by atoms with van der Waals surface area (Å²) in [5.74, 6) is 0.344. The molecule has 0 fully saturated rings. The van der Waals surface area contributed by atoms with Crippen LogP contribution in [0.5, 0.6) is 5.75 Å². The smallest absolute Gasteiger partial charge is 0.118 e. The molecule has 0 bridgehead atoms. The Bertz CT molecular complexity index is 508. The zero-order valence-corrected chi connectivity index (χ0v) is 10.9. The molecule has 1 unspecified atom stereocenters. The number of hydrogen-bond acceptors (Lipinski definition) is 2. The lowest BCUT2D eigenvalue weighted by molar-refractivity contribution is 0.471. The van der Waals surface area contributed by atoms with Crippen molar-refractivity contribution in [2.45, 2.75) is 26.3 Å². The number of aromatic hydroxyl groups is 1. The Morgan fingerprint density at radius 3 is 2.50 bits per heavy atom. The van der Waals surface area contributed by atoms with Crippen molar-refractivity contribution in [1.29, 1.82) is 0 Å². The average molecular weight is 241 g/mol. The second-order valence-corrected chi connectivity index (χ2v) is 4.74. The highest BCUT2D eigenvalue weighted by atomic mass is 16.3. The van der Waals surface area contributed by atoms with Crippen molar-refractivity contribution < 1.29 is 5.11 Å². The van der Waals surface area contributed by atoms with Crippen LogP contribution in [0.1, 0.15) is 18.1 Å². The van der Waals surface area contributed by atoms with Gasteiger partial charge in [-0.05, 0) is 49.6 Å². The van der Waals surface area contributed by atoms with E-state index in [2.05, 4.69) is 36.5 Å². The van der Waals surface area contributed by atoms with Gasteiger partial charge in [0.25, 0.3) is 0 Å². The van der Waals surface area contributed by atoms with E-state index in [0.29, 0.717) is 11.8 Å². The normalized spacial score (nSPS) is 12.1. The van der Waals surface area contributed by atoms with E-state index in [1.165, 1.54) is 5.56 Å². The van der Waals surface area contributed by atoms with Crippen molar-refractivity contribution in [2.24, 2.45) is 0 Å². The summed E-state index contributed by atoms with van der Waals surface area (Å²) in [5.41, 5.74) is 3.27. The molecule has 2 aromatic rings. The predicted molar refractivity (Wildman–Crippen MR) is 76.1 cm³/mol. The summed E-state index contributed by atoms with van der Waals surface area (Å²) < 4.78 is 0. The minimum atomic E-state index is 0.344. The lowest BCUT2D eigenvalue weighted by atomic mass is 10.1. The van der Waals surface area contributed by atoms with Crippen molar-refractivity contribution >= 4 is 5.69 Å². The number of hydrogen-bond donors (Lipinski definition) is 2. The Morgan fingerprint density at radius 1 is 1.11 bits per heavy atom. The molecule has 0 saturated heterocycles. The van der Waals surface area contributed by atoms with Crippen LogP contribution < -0.4 is 5.32 Å². The molecular formula is C16H19NO. The van der Waals surface area contributed by atoms with E-state index in [1.54, 1.807) is 6.07 Å². The predicted octanol–water partition coefficient (Wildman–Crippen LogP) is 3.74. The SMILES string of the molecule is Cc1cc(NC(C)Cc2ccccc2)ccc1O. The molecule has 2 nitrogen and oxygen atoms in total. The maximum absolute atomic E-state index is 9.49. The highest BCUT2D eigenvalue weighted by Crippen LogP contribution is 2.21. The fourth-order valence-corrected chi connectivity index (χ4v) is 2.05. The Kier molecular flexibility index (Phi) is 3.88. The largest absolute Gasteiger partial charge is 0.508 e. The van der Waals surface area contributed by atoms with Crippen LogP contribution in [0.15, 0.2) is 48.5 Å². The third kappa shape index (κ3) is 3.27.